The molecule has 0 saturated heterocycles. The van der Waals surface area contributed by atoms with Crippen molar-refractivity contribution in [3.8, 4) is 5.75 Å². The lowest BCUT2D eigenvalue weighted by Crippen LogP contribution is -2.27. The van der Waals surface area contributed by atoms with Crippen LogP contribution < -0.4 is 10.1 Å². The maximum Gasteiger partial charge on any atom is 0.119 e. The Labute approximate surface area is 98.7 Å². The number of nitrogens with one attached hydrogen (secondary N) is 1. The molecule has 0 fully saturated rings. The summed E-state index contributed by atoms with van der Waals surface area (Å²) in [5.74, 6) is 0.827. The van der Waals surface area contributed by atoms with Gasteiger partial charge in [-0.05, 0) is 37.2 Å². The molecule has 2 rings (SSSR count). The Kier molecular flexibility index (Phi) is 3.30. The highest BCUT2D eigenvalue weighted by atomic mass is 32.2. The van der Waals surface area contributed by atoms with E-state index in [9.17, 15) is 4.21 Å². The molecule has 1 aromatic carbocycles. The van der Waals surface area contributed by atoms with Crippen LogP contribution in [0.25, 0.3) is 0 Å². The molecule has 0 radical (unpaired) electrons. The summed E-state index contributed by atoms with van der Waals surface area (Å²) in [5.41, 5.74) is 1.12. The third-order valence-electron chi connectivity index (χ3n) is 3.00. The molecule has 0 aliphatic carbocycles. The number of ether oxygens (including phenoxy) is 1. The Morgan fingerprint density at radius 3 is 2.88 bits per heavy atom. The zero-order valence-corrected chi connectivity index (χ0v) is 10.6. The van der Waals surface area contributed by atoms with Crippen LogP contribution in [-0.4, -0.2) is 23.1 Å². The van der Waals surface area contributed by atoms with Crippen molar-refractivity contribution in [3.63, 3.8) is 0 Å². The van der Waals surface area contributed by atoms with Gasteiger partial charge in [0.05, 0.1) is 23.2 Å². The fourth-order valence-corrected chi connectivity index (χ4v) is 3.66. The van der Waals surface area contributed by atoms with Crippen LogP contribution in [0.2, 0.25) is 0 Å². The molecule has 16 heavy (non-hydrogen) atoms. The van der Waals surface area contributed by atoms with Gasteiger partial charge in [-0.15, -0.1) is 0 Å². The molecule has 0 bridgehead atoms. The molecule has 0 aromatic heterocycles. The minimum absolute atomic E-state index is 0.127. The number of benzene rings is 1. The average molecular weight is 239 g/mol. The van der Waals surface area contributed by atoms with Gasteiger partial charge in [0.15, 0.2) is 0 Å². The monoisotopic (exact) mass is 239 g/mol. The van der Waals surface area contributed by atoms with Crippen molar-refractivity contribution >= 4 is 10.8 Å². The Morgan fingerprint density at radius 1 is 1.50 bits per heavy atom. The first-order chi connectivity index (χ1) is 7.69. The van der Waals surface area contributed by atoms with E-state index in [-0.39, 0.29) is 11.3 Å². The van der Waals surface area contributed by atoms with Gasteiger partial charge in [0.2, 0.25) is 0 Å². The molecule has 1 N–H and O–H groups in total. The summed E-state index contributed by atoms with van der Waals surface area (Å²) in [6.07, 6.45) is 0. The van der Waals surface area contributed by atoms with Gasteiger partial charge in [0, 0.05) is 10.9 Å². The second kappa shape index (κ2) is 4.55. The van der Waals surface area contributed by atoms with Crippen LogP contribution in [0.15, 0.2) is 23.1 Å². The predicted molar refractivity (Wildman–Crippen MR) is 65.3 cm³/mol. The Balaban J connectivity index is 2.44. The number of fused-ring (bicyclic) bond motifs is 1. The molecule has 1 aliphatic rings. The van der Waals surface area contributed by atoms with E-state index in [1.165, 1.54) is 0 Å². The average Bonchev–Trinajstić information content (AvgIpc) is 2.54. The molecule has 88 valence electrons. The maximum absolute atomic E-state index is 12.1. The summed E-state index contributed by atoms with van der Waals surface area (Å²) in [5, 5.41) is 3.51. The van der Waals surface area contributed by atoms with Gasteiger partial charge in [-0.2, -0.15) is 0 Å². The third kappa shape index (κ3) is 1.76. The van der Waals surface area contributed by atoms with E-state index in [0.29, 0.717) is 0 Å². The smallest absolute Gasteiger partial charge is 0.119 e. The Morgan fingerprint density at radius 2 is 2.25 bits per heavy atom. The summed E-state index contributed by atoms with van der Waals surface area (Å²) in [4.78, 5) is 0.944. The first-order valence-corrected chi connectivity index (χ1v) is 6.72. The van der Waals surface area contributed by atoms with Crippen LogP contribution in [0, 0.1) is 0 Å². The van der Waals surface area contributed by atoms with Gasteiger partial charge in [0.25, 0.3) is 0 Å². The van der Waals surface area contributed by atoms with Crippen LogP contribution in [0.5, 0.6) is 5.75 Å². The van der Waals surface area contributed by atoms with Crippen molar-refractivity contribution in [2.45, 2.75) is 30.0 Å². The summed E-state index contributed by atoms with van der Waals surface area (Å²) in [6, 6.07) is 5.95. The lowest BCUT2D eigenvalue weighted by atomic mass is 10.0. The van der Waals surface area contributed by atoms with Crippen molar-refractivity contribution in [3.05, 3.63) is 23.8 Å². The largest absolute Gasteiger partial charge is 0.497 e. The van der Waals surface area contributed by atoms with Crippen LogP contribution in [-0.2, 0) is 10.8 Å². The third-order valence-corrected chi connectivity index (χ3v) is 4.75. The van der Waals surface area contributed by atoms with E-state index < -0.39 is 10.8 Å². The van der Waals surface area contributed by atoms with Gasteiger partial charge in [-0.1, -0.05) is 6.92 Å². The molecule has 1 aliphatic heterocycles. The molecule has 3 atom stereocenters. The van der Waals surface area contributed by atoms with Gasteiger partial charge in [-0.25, -0.2) is 0 Å². The van der Waals surface area contributed by atoms with E-state index >= 15 is 0 Å². The first kappa shape index (κ1) is 11.6. The lowest BCUT2D eigenvalue weighted by molar-refractivity contribution is 0.412. The highest BCUT2D eigenvalue weighted by Gasteiger charge is 2.35. The Bertz CT molecular complexity index is 419. The molecule has 1 aromatic rings. The SMILES string of the molecule is CCNC1c2cc(OC)ccc2S(=O)C1C. The number of hydrogen-bond donors (Lipinski definition) is 1. The molecule has 3 nitrogen and oxygen atoms in total. The number of hydrogen-bond acceptors (Lipinski definition) is 3. The van der Waals surface area contributed by atoms with E-state index in [0.717, 1.165) is 22.8 Å². The summed E-state index contributed by atoms with van der Waals surface area (Å²) >= 11 is 0. The van der Waals surface area contributed by atoms with E-state index in [1.54, 1.807) is 7.11 Å². The van der Waals surface area contributed by atoms with Gasteiger partial charge in [0.1, 0.15) is 5.75 Å². The second-order valence-electron chi connectivity index (χ2n) is 3.94. The first-order valence-electron chi connectivity index (χ1n) is 5.51. The number of methoxy groups -OCH3 is 1. The van der Waals surface area contributed by atoms with Crippen molar-refractivity contribution < 1.29 is 8.95 Å². The molecular formula is C12H17NO2S. The standard InChI is InChI=1S/C12H17NO2S/c1-4-13-12-8(2)16(14)11-6-5-9(15-3)7-10(11)12/h5-8,12-13H,4H2,1-3H3. The summed E-state index contributed by atoms with van der Waals surface area (Å²) in [6.45, 7) is 4.96. The summed E-state index contributed by atoms with van der Waals surface area (Å²) < 4.78 is 17.3. The minimum atomic E-state index is -0.902. The van der Waals surface area contributed by atoms with Crippen molar-refractivity contribution in [2.75, 3.05) is 13.7 Å². The number of rotatable bonds is 3. The highest BCUT2D eigenvalue weighted by molar-refractivity contribution is 7.86. The molecule has 4 heteroatoms. The van der Waals surface area contributed by atoms with Gasteiger partial charge >= 0.3 is 0 Å². The zero-order chi connectivity index (χ0) is 11.7. The van der Waals surface area contributed by atoms with E-state index in [1.807, 2.05) is 25.1 Å². The van der Waals surface area contributed by atoms with Crippen molar-refractivity contribution in [1.82, 2.24) is 5.32 Å². The van der Waals surface area contributed by atoms with Crippen LogP contribution in [0.1, 0.15) is 25.5 Å². The molecule has 1 heterocycles. The van der Waals surface area contributed by atoms with Crippen LogP contribution in [0.3, 0.4) is 0 Å². The molecule has 0 amide bonds. The topological polar surface area (TPSA) is 38.3 Å². The molecule has 3 unspecified atom stereocenters. The molecular weight excluding hydrogens is 222 g/mol. The minimum Gasteiger partial charge on any atom is -0.497 e. The predicted octanol–water partition coefficient (Wildman–Crippen LogP) is 1.86. The zero-order valence-electron chi connectivity index (χ0n) is 9.82. The summed E-state index contributed by atoms with van der Waals surface area (Å²) in [7, 11) is 0.750. The highest BCUT2D eigenvalue weighted by Crippen LogP contribution is 2.37. The second-order valence-corrected chi connectivity index (χ2v) is 5.72. The molecule has 0 saturated carbocycles. The van der Waals surface area contributed by atoms with Crippen LogP contribution in [0.4, 0.5) is 0 Å². The maximum atomic E-state index is 12.1. The molecule has 0 spiro atoms. The quantitative estimate of drug-likeness (QED) is 0.875. The Hall–Kier alpha value is -0.870. The van der Waals surface area contributed by atoms with E-state index in [2.05, 4.69) is 12.2 Å². The van der Waals surface area contributed by atoms with E-state index in [4.69, 9.17) is 4.74 Å². The fourth-order valence-electron chi connectivity index (χ4n) is 2.15. The normalized spacial score (nSPS) is 27.8. The van der Waals surface area contributed by atoms with Gasteiger partial charge in [-0.3, -0.25) is 4.21 Å². The van der Waals surface area contributed by atoms with Gasteiger partial charge < -0.3 is 10.1 Å². The van der Waals surface area contributed by atoms with Crippen molar-refractivity contribution in [2.24, 2.45) is 0 Å². The fraction of sp³-hybridized carbons (Fsp3) is 0.500. The van der Waals surface area contributed by atoms with Crippen LogP contribution >= 0.6 is 0 Å². The van der Waals surface area contributed by atoms with Crippen molar-refractivity contribution in [1.29, 1.82) is 0 Å². The lowest BCUT2D eigenvalue weighted by Gasteiger charge is -2.16.